The van der Waals surface area contributed by atoms with E-state index < -0.39 is 0 Å². The third kappa shape index (κ3) is 6.97. The van der Waals surface area contributed by atoms with Gasteiger partial charge in [0.15, 0.2) is 0 Å². The molecule has 374 valence electrons. The van der Waals surface area contributed by atoms with Gasteiger partial charge >= 0.3 is 0 Å². The van der Waals surface area contributed by atoms with E-state index in [1.807, 2.05) is 13.8 Å². The Morgan fingerprint density at radius 3 is 1.97 bits per heavy atom. The predicted octanol–water partition coefficient (Wildman–Crippen LogP) is 19.9. The fourth-order valence-corrected chi connectivity index (χ4v) is 14.3. The lowest BCUT2D eigenvalue weighted by molar-refractivity contribution is 0.285. The highest BCUT2D eigenvalue weighted by Crippen LogP contribution is 2.67. The molecule has 2 aromatic heterocycles. The van der Waals surface area contributed by atoms with Crippen LogP contribution in [0.5, 0.6) is 0 Å². The highest BCUT2D eigenvalue weighted by atomic mass is 15.1. The minimum atomic E-state index is -0.323. The number of nitrogens with zero attached hydrogens (tertiary/aromatic N) is 2. The second-order valence-corrected chi connectivity index (χ2v) is 24.6. The first kappa shape index (κ1) is 47.5. The Hall–Kier alpha value is -7.16. The molecule has 0 saturated heterocycles. The van der Waals surface area contributed by atoms with Gasteiger partial charge in [0, 0.05) is 38.3 Å². The molecule has 0 aliphatic heterocycles. The van der Waals surface area contributed by atoms with Crippen molar-refractivity contribution in [3.8, 4) is 11.1 Å². The van der Waals surface area contributed by atoms with Gasteiger partial charge in [0.2, 0.25) is 0 Å². The van der Waals surface area contributed by atoms with Crippen molar-refractivity contribution in [2.45, 2.75) is 118 Å². The number of hydrogen-bond acceptors (Lipinski definition) is 0. The second-order valence-electron chi connectivity index (χ2n) is 24.6. The van der Waals surface area contributed by atoms with E-state index in [0.29, 0.717) is 11.8 Å². The SMILES string of the molecule is CC.CC1CC=CC2=C1c1ccccc1C21C2=C(C=CC(C(C)(C)C)C2)c2c(C3=CCC(C)(n4c5ccccc5c5cc(-c6ccc7c(c6)c6ccccc6n7C6=CCCC=C6)ccc54)C=C3)cc(C(C)(C)C)cc21. The van der Waals surface area contributed by atoms with Crippen LogP contribution in [-0.2, 0) is 16.4 Å². The third-order valence-corrected chi connectivity index (χ3v) is 18.2. The maximum atomic E-state index is 2.64. The summed E-state index contributed by atoms with van der Waals surface area (Å²) < 4.78 is 5.08. The topological polar surface area (TPSA) is 9.86 Å². The zero-order valence-electron chi connectivity index (χ0n) is 45.9. The zero-order chi connectivity index (χ0) is 51.8. The summed E-state index contributed by atoms with van der Waals surface area (Å²) in [7, 11) is 0. The smallest absolute Gasteiger partial charge is 0.0685 e. The largest absolute Gasteiger partial charge is 0.331 e. The van der Waals surface area contributed by atoms with Crippen molar-refractivity contribution in [1.29, 1.82) is 0 Å². The lowest BCUT2D eigenvalue weighted by atomic mass is 9.63. The molecule has 0 bridgehead atoms. The van der Waals surface area contributed by atoms with Gasteiger partial charge in [-0.05, 0) is 183 Å². The highest BCUT2D eigenvalue weighted by Gasteiger charge is 2.56. The molecule has 6 aliphatic carbocycles. The van der Waals surface area contributed by atoms with Crippen LogP contribution < -0.4 is 0 Å². The molecule has 2 heterocycles. The Kier molecular flexibility index (Phi) is 10.9. The molecule has 0 saturated carbocycles. The quantitative estimate of drug-likeness (QED) is 0.166. The Balaban J connectivity index is 0.00000267. The van der Waals surface area contributed by atoms with Crippen LogP contribution >= 0.6 is 0 Å². The number of rotatable bonds is 4. The van der Waals surface area contributed by atoms with Crippen LogP contribution in [-0.4, -0.2) is 9.13 Å². The van der Waals surface area contributed by atoms with Gasteiger partial charge < -0.3 is 9.13 Å². The molecular formula is C73H72N2. The minimum absolute atomic E-state index is 0.0485. The van der Waals surface area contributed by atoms with Crippen molar-refractivity contribution in [2.75, 3.05) is 0 Å². The molecule has 0 N–H and O–H groups in total. The van der Waals surface area contributed by atoms with E-state index in [-0.39, 0.29) is 21.8 Å². The minimum Gasteiger partial charge on any atom is -0.331 e. The molecule has 75 heavy (non-hydrogen) atoms. The number of hydrogen-bond donors (Lipinski definition) is 0. The molecule has 8 aromatic rings. The number of para-hydroxylation sites is 2. The number of aromatic nitrogens is 2. The summed E-state index contributed by atoms with van der Waals surface area (Å²) in [6.07, 6.45) is 29.9. The van der Waals surface area contributed by atoms with Crippen LogP contribution in [0, 0.1) is 17.3 Å². The van der Waals surface area contributed by atoms with Gasteiger partial charge in [0.25, 0.3) is 0 Å². The Morgan fingerprint density at radius 2 is 1.27 bits per heavy atom. The van der Waals surface area contributed by atoms with Gasteiger partial charge in [0.05, 0.1) is 22.0 Å². The first-order valence-corrected chi connectivity index (χ1v) is 28.2. The van der Waals surface area contributed by atoms with Crippen molar-refractivity contribution < 1.29 is 0 Å². The van der Waals surface area contributed by atoms with Crippen molar-refractivity contribution in [3.05, 3.63) is 227 Å². The highest BCUT2D eigenvalue weighted by molar-refractivity contribution is 6.13. The Morgan fingerprint density at radius 1 is 0.600 bits per heavy atom. The molecule has 1 spiro atoms. The Bertz CT molecular complexity index is 3990. The molecule has 0 amide bonds. The molecule has 6 aromatic carbocycles. The van der Waals surface area contributed by atoms with E-state index in [1.54, 1.807) is 11.1 Å². The van der Waals surface area contributed by atoms with Gasteiger partial charge in [-0.2, -0.15) is 0 Å². The second kappa shape index (κ2) is 17.2. The predicted molar refractivity (Wildman–Crippen MR) is 323 cm³/mol. The average Bonchev–Trinajstić information content (AvgIpc) is 4.14. The first-order valence-electron chi connectivity index (χ1n) is 28.2. The molecule has 2 nitrogen and oxygen atoms in total. The molecular weight excluding hydrogens is 905 g/mol. The van der Waals surface area contributed by atoms with Crippen LogP contribution in [0.2, 0.25) is 0 Å². The van der Waals surface area contributed by atoms with E-state index in [9.17, 15) is 0 Å². The summed E-state index contributed by atoms with van der Waals surface area (Å²) in [5, 5.41) is 5.19. The molecule has 2 heteroatoms. The third-order valence-electron chi connectivity index (χ3n) is 18.2. The van der Waals surface area contributed by atoms with Gasteiger partial charge in [0.1, 0.15) is 0 Å². The van der Waals surface area contributed by atoms with Crippen LogP contribution in [0.3, 0.4) is 0 Å². The van der Waals surface area contributed by atoms with E-state index in [0.717, 1.165) is 32.1 Å². The van der Waals surface area contributed by atoms with Gasteiger partial charge in [-0.3, -0.25) is 0 Å². The van der Waals surface area contributed by atoms with Gasteiger partial charge in [-0.25, -0.2) is 0 Å². The fourth-order valence-electron chi connectivity index (χ4n) is 14.3. The summed E-state index contributed by atoms with van der Waals surface area (Å²) in [6.45, 7) is 23.4. The number of benzene rings is 6. The maximum Gasteiger partial charge on any atom is 0.0685 e. The molecule has 6 aliphatic rings. The van der Waals surface area contributed by atoms with E-state index in [1.165, 1.54) is 111 Å². The normalized spacial score (nSPS) is 22.7. The summed E-state index contributed by atoms with van der Waals surface area (Å²) in [5.41, 5.74) is 24.4. The number of allylic oxidation sites excluding steroid dienone is 16. The monoisotopic (exact) mass is 977 g/mol. The van der Waals surface area contributed by atoms with Crippen molar-refractivity contribution in [2.24, 2.45) is 17.3 Å². The van der Waals surface area contributed by atoms with E-state index >= 15 is 0 Å². The van der Waals surface area contributed by atoms with Crippen LogP contribution in [0.1, 0.15) is 135 Å². The van der Waals surface area contributed by atoms with Crippen molar-refractivity contribution in [1.82, 2.24) is 9.13 Å². The summed E-state index contributed by atoms with van der Waals surface area (Å²) in [4.78, 5) is 0. The maximum absolute atomic E-state index is 2.64. The van der Waals surface area contributed by atoms with Crippen molar-refractivity contribution >= 4 is 66.0 Å². The van der Waals surface area contributed by atoms with Crippen LogP contribution in [0.15, 0.2) is 193 Å². The van der Waals surface area contributed by atoms with Gasteiger partial charge in [-0.1, -0.05) is 196 Å². The zero-order valence-corrected chi connectivity index (χ0v) is 45.9. The summed E-state index contributed by atoms with van der Waals surface area (Å²) in [5.74, 6) is 0.913. The van der Waals surface area contributed by atoms with Gasteiger partial charge in [-0.15, -0.1) is 0 Å². The summed E-state index contributed by atoms with van der Waals surface area (Å²) in [6, 6.07) is 47.0. The lowest BCUT2D eigenvalue weighted by Crippen LogP contribution is -2.32. The van der Waals surface area contributed by atoms with Crippen LogP contribution in [0.25, 0.3) is 77.2 Å². The van der Waals surface area contributed by atoms with E-state index in [2.05, 4.69) is 247 Å². The molecule has 0 fully saturated rings. The summed E-state index contributed by atoms with van der Waals surface area (Å²) >= 11 is 0. The fraction of sp³-hybridized carbons (Fsp3) is 0.288. The van der Waals surface area contributed by atoms with E-state index in [4.69, 9.17) is 0 Å². The standard InChI is InChI=1S/C71H66N2.C2H6/c1-44-19-18-26-59-66(44)53-24-12-15-25-58(53)71(59)60-42-48(68(2,3)4)31-32-54(60)67-55(41-49(43-61(67)71)69(5,6)7)45-35-37-70(8,38-36-45)73-64-28-17-14-23-52(64)57-40-47(30-34-65(57)73)46-29-33-63-56(39-46)51-22-13-16-27-62(51)72(63)50-20-10-9-11-21-50;1-2/h10,12-18,20-37,39-41,43-44,48H,9,11,19,38,42H2,1-8H3;1-2H3. The molecule has 0 radical (unpaired) electrons. The van der Waals surface area contributed by atoms with Crippen LogP contribution in [0.4, 0.5) is 0 Å². The lowest BCUT2D eigenvalue weighted by Gasteiger charge is -2.39. The Labute approximate surface area is 445 Å². The molecule has 4 atom stereocenters. The molecule has 14 rings (SSSR count). The molecule has 4 unspecified atom stereocenters. The first-order chi connectivity index (χ1) is 36.2. The number of fused-ring (bicyclic) bond motifs is 14. The average molecular weight is 977 g/mol. The van der Waals surface area contributed by atoms with Crippen molar-refractivity contribution in [3.63, 3.8) is 0 Å².